The Labute approximate surface area is 187 Å². The zero-order valence-electron chi connectivity index (χ0n) is 19.4. The van der Waals surface area contributed by atoms with E-state index in [0.29, 0.717) is 0 Å². The summed E-state index contributed by atoms with van der Waals surface area (Å²) < 4.78 is 5.76. The van der Waals surface area contributed by atoms with Gasteiger partial charge in [-0.3, -0.25) is 9.78 Å². The van der Waals surface area contributed by atoms with E-state index < -0.39 is 0 Å². The van der Waals surface area contributed by atoms with Gasteiger partial charge >= 0.3 is 0 Å². The molecule has 4 aliphatic carbocycles. The molecule has 8 unspecified atom stereocenters. The number of pyridine rings is 1. The maximum atomic E-state index is 13.2. The Hall–Kier alpha value is -1.42. The molecule has 1 heterocycles. The van der Waals surface area contributed by atoms with Gasteiger partial charge < -0.3 is 10.1 Å². The molecule has 0 spiro atoms. The predicted molar refractivity (Wildman–Crippen MR) is 123 cm³/mol. The van der Waals surface area contributed by atoms with Crippen LogP contribution in [-0.2, 0) is 9.53 Å². The number of fused-ring (bicyclic) bond motifs is 5. The summed E-state index contributed by atoms with van der Waals surface area (Å²) >= 11 is 0. The second-order valence-corrected chi connectivity index (χ2v) is 11.2. The fourth-order valence-electron chi connectivity index (χ4n) is 8.48. The molecule has 0 aliphatic heterocycles. The van der Waals surface area contributed by atoms with E-state index in [1.807, 2.05) is 12.1 Å². The number of hydrogen-bond acceptors (Lipinski definition) is 3. The van der Waals surface area contributed by atoms with Crippen LogP contribution >= 0.6 is 0 Å². The van der Waals surface area contributed by atoms with E-state index in [4.69, 9.17) is 4.74 Å². The maximum Gasteiger partial charge on any atom is 0.228 e. The first-order chi connectivity index (χ1) is 15.1. The topological polar surface area (TPSA) is 51.2 Å². The first kappa shape index (κ1) is 21.4. The highest BCUT2D eigenvalue weighted by atomic mass is 16.5. The van der Waals surface area contributed by atoms with Gasteiger partial charge in [0.25, 0.3) is 0 Å². The summed E-state index contributed by atoms with van der Waals surface area (Å²) in [7, 11) is 0. The second kappa shape index (κ2) is 8.84. The van der Waals surface area contributed by atoms with E-state index in [2.05, 4.69) is 24.1 Å². The molecule has 0 aromatic carbocycles. The van der Waals surface area contributed by atoms with Crippen LogP contribution in [0.4, 0.5) is 5.69 Å². The quantitative estimate of drug-likeness (QED) is 0.636. The average Bonchev–Trinajstić information content (AvgIpc) is 3.15. The van der Waals surface area contributed by atoms with E-state index >= 15 is 0 Å². The van der Waals surface area contributed by atoms with Crippen molar-refractivity contribution >= 4 is 11.6 Å². The van der Waals surface area contributed by atoms with Crippen LogP contribution in [0.5, 0.6) is 0 Å². The summed E-state index contributed by atoms with van der Waals surface area (Å²) in [6.07, 6.45) is 15.4. The highest BCUT2D eigenvalue weighted by Crippen LogP contribution is 2.64. The van der Waals surface area contributed by atoms with Crippen LogP contribution in [-0.4, -0.2) is 24.1 Å². The van der Waals surface area contributed by atoms with E-state index in [-0.39, 0.29) is 17.2 Å². The van der Waals surface area contributed by atoms with Gasteiger partial charge in [0.15, 0.2) is 0 Å². The Morgan fingerprint density at radius 3 is 2.68 bits per heavy atom. The second-order valence-electron chi connectivity index (χ2n) is 11.2. The smallest absolute Gasteiger partial charge is 0.228 e. The Morgan fingerprint density at radius 2 is 1.87 bits per heavy atom. The van der Waals surface area contributed by atoms with Crippen molar-refractivity contribution in [3.63, 3.8) is 0 Å². The number of aromatic nitrogens is 1. The predicted octanol–water partition coefficient (Wildman–Crippen LogP) is 5.94. The SMILES string of the molecule is CCOCC1CCC2C(CCC3C2CCC2(C)C(C(=O)Nc4ccncc4)CCC32)C1. The van der Waals surface area contributed by atoms with E-state index in [9.17, 15) is 4.79 Å². The zero-order chi connectivity index (χ0) is 21.4. The van der Waals surface area contributed by atoms with Crippen molar-refractivity contribution in [1.29, 1.82) is 0 Å². The molecular formula is C27H40N2O2. The normalized spacial score (nSPS) is 41.7. The minimum absolute atomic E-state index is 0.159. The van der Waals surface area contributed by atoms with Gasteiger partial charge in [0.2, 0.25) is 5.91 Å². The Balaban J connectivity index is 1.25. The lowest BCUT2D eigenvalue weighted by Crippen LogP contribution is -2.50. The standard InChI is InChI=1S/C27H40N2O2/c1-3-31-17-18-4-6-21-19(16-18)5-7-23-22(21)10-13-27(2)24(23)8-9-25(27)26(30)29-20-11-14-28-15-12-20/h11-12,14-15,18-19,21-25H,3-10,13,16-17H2,1-2H3,(H,28,29,30). The van der Waals surface area contributed by atoms with Crippen molar-refractivity contribution < 1.29 is 9.53 Å². The number of nitrogens with zero attached hydrogens (tertiary/aromatic N) is 1. The van der Waals surface area contributed by atoms with E-state index in [1.165, 1.54) is 51.4 Å². The number of carbonyl (C=O) groups is 1. The van der Waals surface area contributed by atoms with Crippen molar-refractivity contribution in [2.24, 2.45) is 46.8 Å². The monoisotopic (exact) mass is 424 g/mol. The van der Waals surface area contributed by atoms with Gasteiger partial charge in [0, 0.05) is 37.2 Å². The number of hydrogen-bond donors (Lipinski definition) is 1. The minimum atomic E-state index is 0.159. The van der Waals surface area contributed by atoms with Gasteiger partial charge in [0.05, 0.1) is 0 Å². The number of ether oxygens (including phenoxy) is 1. The van der Waals surface area contributed by atoms with Crippen LogP contribution in [0.15, 0.2) is 24.5 Å². The van der Waals surface area contributed by atoms with Crippen molar-refractivity contribution in [1.82, 2.24) is 4.98 Å². The third-order valence-corrected chi connectivity index (χ3v) is 9.89. The summed E-state index contributed by atoms with van der Waals surface area (Å²) in [4.78, 5) is 17.3. The molecule has 0 radical (unpaired) electrons. The molecule has 8 atom stereocenters. The number of amides is 1. The molecule has 5 rings (SSSR count). The van der Waals surface area contributed by atoms with Crippen molar-refractivity contribution in [2.45, 2.75) is 71.6 Å². The molecule has 4 aliphatic rings. The Morgan fingerprint density at radius 1 is 1.06 bits per heavy atom. The van der Waals surface area contributed by atoms with Crippen molar-refractivity contribution in [3.05, 3.63) is 24.5 Å². The zero-order valence-corrected chi connectivity index (χ0v) is 19.4. The summed E-state index contributed by atoms with van der Waals surface area (Å²) in [5.74, 6) is 5.55. The molecule has 0 bridgehead atoms. The Kier molecular flexibility index (Phi) is 6.11. The molecule has 31 heavy (non-hydrogen) atoms. The molecular weight excluding hydrogens is 384 g/mol. The third kappa shape index (κ3) is 3.94. The number of nitrogens with one attached hydrogen (secondary N) is 1. The first-order valence-electron chi connectivity index (χ1n) is 12.9. The van der Waals surface area contributed by atoms with Crippen LogP contribution in [0.2, 0.25) is 0 Å². The van der Waals surface area contributed by atoms with E-state index in [0.717, 1.165) is 60.8 Å². The summed E-state index contributed by atoms with van der Waals surface area (Å²) in [6.45, 7) is 6.39. The molecule has 1 aromatic heterocycles. The lowest BCUT2D eigenvalue weighted by atomic mass is 9.49. The first-order valence-corrected chi connectivity index (χ1v) is 12.9. The summed E-state index contributed by atoms with van der Waals surface area (Å²) in [5, 5.41) is 3.19. The van der Waals surface area contributed by atoms with Crippen LogP contribution < -0.4 is 5.32 Å². The van der Waals surface area contributed by atoms with Gasteiger partial charge in [-0.1, -0.05) is 6.92 Å². The summed E-state index contributed by atoms with van der Waals surface area (Å²) in [6, 6.07) is 3.79. The molecule has 4 saturated carbocycles. The number of rotatable bonds is 5. The van der Waals surface area contributed by atoms with E-state index in [1.54, 1.807) is 12.4 Å². The van der Waals surface area contributed by atoms with Crippen LogP contribution in [0, 0.1) is 46.8 Å². The molecule has 1 amide bonds. The fraction of sp³-hybridized carbons (Fsp3) is 0.778. The van der Waals surface area contributed by atoms with Gasteiger partial charge in [-0.2, -0.15) is 0 Å². The molecule has 1 aromatic rings. The average molecular weight is 425 g/mol. The van der Waals surface area contributed by atoms with Crippen LogP contribution in [0.3, 0.4) is 0 Å². The fourth-order valence-corrected chi connectivity index (χ4v) is 8.48. The molecule has 4 heteroatoms. The molecule has 0 saturated heterocycles. The Bertz CT molecular complexity index is 768. The molecule has 1 N–H and O–H groups in total. The van der Waals surface area contributed by atoms with Gasteiger partial charge in [-0.15, -0.1) is 0 Å². The van der Waals surface area contributed by atoms with Gasteiger partial charge in [-0.05, 0) is 118 Å². The largest absolute Gasteiger partial charge is 0.381 e. The molecule has 170 valence electrons. The molecule has 4 nitrogen and oxygen atoms in total. The highest BCUT2D eigenvalue weighted by molar-refractivity contribution is 5.93. The van der Waals surface area contributed by atoms with Crippen LogP contribution in [0.25, 0.3) is 0 Å². The van der Waals surface area contributed by atoms with Crippen molar-refractivity contribution in [3.8, 4) is 0 Å². The molecule has 4 fully saturated rings. The maximum absolute atomic E-state index is 13.2. The summed E-state index contributed by atoms with van der Waals surface area (Å²) in [5.41, 5.74) is 1.06. The third-order valence-electron chi connectivity index (χ3n) is 9.89. The highest BCUT2D eigenvalue weighted by Gasteiger charge is 2.58. The lowest BCUT2D eigenvalue weighted by molar-refractivity contribution is -0.127. The number of anilines is 1. The van der Waals surface area contributed by atoms with Crippen LogP contribution in [0.1, 0.15) is 71.6 Å². The minimum Gasteiger partial charge on any atom is -0.381 e. The van der Waals surface area contributed by atoms with Gasteiger partial charge in [-0.25, -0.2) is 0 Å². The van der Waals surface area contributed by atoms with Gasteiger partial charge in [0.1, 0.15) is 0 Å². The number of carbonyl (C=O) groups excluding carboxylic acids is 1. The van der Waals surface area contributed by atoms with Crippen molar-refractivity contribution in [2.75, 3.05) is 18.5 Å². The lowest BCUT2D eigenvalue weighted by Gasteiger charge is -2.56.